The molecule has 1 aliphatic rings. The summed E-state index contributed by atoms with van der Waals surface area (Å²) >= 11 is 5.90. The molecule has 1 aromatic carbocycles. The fraction of sp³-hybridized carbons (Fsp3) is 0.462. The highest BCUT2D eigenvalue weighted by Crippen LogP contribution is 2.47. The van der Waals surface area contributed by atoms with Gasteiger partial charge in [0.1, 0.15) is 0 Å². The van der Waals surface area contributed by atoms with Crippen molar-refractivity contribution < 1.29 is 9.72 Å². The van der Waals surface area contributed by atoms with Gasteiger partial charge >= 0.3 is 0 Å². The first kappa shape index (κ1) is 13.8. The lowest BCUT2D eigenvalue weighted by Crippen LogP contribution is -2.30. The van der Waals surface area contributed by atoms with E-state index >= 15 is 0 Å². The van der Waals surface area contributed by atoms with Crippen molar-refractivity contribution in [1.82, 2.24) is 5.32 Å². The van der Waals surface area contributed by atoms with Crippen LogP contribution in [-0.4, -0.2) is 17.4 Å². The lowest BCUT2D eigenvalue weighted by Gasteiger charge is -2.13. The predicted molar refractivity (Wildman–Crippen MR) is 72.4 cm³/mol. The van der Waals surface area contributed by atoms with Crippen LogP contribution in [0.3, 0.4) is 0 Å². The molecule has 1 saturated carbocycles. The number of non-ortho nitro benzene ring substituents is 1. The summed E-state index contributed by atoms with van der Waals surface area (Å²) in [4.78, 5) is 22.0. The minimum atomic E-state index is -0.538. The molecule has 1 aromatic rings. The molecule has 5 nitrogen and oxygen atoms in total. The molecule has 1 fully saturated rings. The summed E-state index contributed by atoms with van der Waals surface area (Å²) in [6.07, 6.45) is 3.32. The summed E-state index contributed by atoms with van der Waals surface area (Å²) in [5, 5.41) is 13.5. The second-order valence-corrected chi connectivity index (χ2v) is 5.36. The molecule has 102 valence electrons. The molecule has 0 heterocycles. The Hall–Kier alpha value is -1.62. The fourth-order valence-corrected chi connectivity index (χ4v) is 2.26. The quantitative estimate of drug-likeness (QED) is 0.666. The Morgan fingerprint density at radius 2 is 2.21 bits per heavy atom. The van der Waals surface area contributed by atoms with Gasteiger partial charge in [0.05, 0.1) is 15.5 Å². The van der Waals surface area contributed by atoms with Gasteiger partial charge in [-0.15, -0.1) is 0 Å². The van der Waals surface area contributed by atoms with Crippen LogP contribution in [0.2, 0.25) is 5.02 Å². The Morgan fingerprint density at radius 1 is 1.53 bits per heavy atom. The Morgan fingerprint density at radius 3 is 2.68 bits per heavy atom. The monoisotopic (exact) mass is 282 g/mol. The summed E-state index contributed by atoms with van der Waals surface area (Å²) in [5.74, 6) is -0.278. The van der Waals surface area contributed by atoms with Gasteiger partial charge < -0.3 is 5.32 Å². The molecule has 0 bridgehead atoms. The highest BCUT2D eigenvalue weighted by Gasteiger charge is 2.40. The molecule has 0 spiro atoms. The summed E-state index contributed by atoms with van der Waals surface area (Å²) in [7, 11) is 0. The average Bonchev–Trinajstić information content (AvgIpc) is 3.16. The van der Waals surface area contributed by atoms with Gasteiger partial charge in [-0.2, -0.15) is 0 Å². The minimum Gasteiger partial charge on any atom is -0.351 e. The van der Waals surface area contributed by atoms with Gasteiger partial charge in [-0.1, -0.05) is 18.5 Å². The Labute approximate surface area is 116 Å². The Balaban J connectivity index is 2.05. The SMILES string of the molecule is CCC1(CNC(=O)c2ccc([N+](=O)[O-])cc2Cl)CC1. The van der Waals surface area contributed by atoms with Crippen LogP contribution in [0.4, 0.5) is 5.69 Å². The van der Waals surface area contributed by atoms with Gasteiger partial charge in [0.25, 0.3) is 11.6 Å². The maximum absolute atomic E-state index is 12.0. The number of nitro groups is 1. The molecule has 19 heavy (non-hydrogen) atoms. The number of benzene rings is 1. The van der Waals surface area contributed by atoms with E-state index < -0.39 is 4.92 Å². The highest BCUT2D eigenvalue weighted by atomic mass is 35.5. The van der Waals surface area contributed by atoms with Crippen molar-refractivity contribution in [2.24, 2.45) is 5.41 Å². The van der Waals surface area contributed by atoms with Gasteiger partial charge in [-0.25, -0.2) is 0 Å². The van der Waals surface area contributed by atoms with Gasteiger partial charge in [0.2, 0.25) is 0 Å². The molecule has 2 rings (SSSR count). The number of nitrogens with one attached hydrogen (secondary N) is 1. The third-order valence-corrected chi connectivity index (χ3v) is 4.05. The van der Waals surface area contributed by atoms with E-state index in [9.17, 15) is 14.9 Å². The number of nitro benzene ring substituents is 1. The van der Waals surface area contributed by atoms with Crippen molar-refractivity contribution in [3.8, 4) is 0 Å². The van der Waals surface area contributed by atoms with E-state index in [4.69, 9.17) is 11.6 Å². The molecule has 0 aromatic heterocycles. The van der Waals surface area contributed by atoms with Crippen molar-refractivity contribution in [1.29, 1.82) is 0 Å². The molecule has 0 atom stereocenters. The molecule has 0 saturated heterocycles. The van der Waals surface area contributed by atoms with Crippen molar-refractivity contribution in [2.75, 3.05) is 6.54 Å². The van der Waals surface area contributed by atoms with E-state index in [-0.39, 0.29) is 27.6 Å². The average molecular weight is 283 g/mol. The lowest BCUT2D eigenvalue weighted by molar-refractivity contribution is -0.384. The van der Waals surface area contributed by atoms with E-state index in [0.717, 1.165) is 19.3 Å². The van der Waals surface area contributed by atoms with E-state index in [1.54, 1.807) is 0 Å². The largest absolute Gasteiger partial charge is 0.351 e. The van der Waals surface area contributed by atoms with E-state index in [1.807, 2.05) is 0 Å². The molecular weight excluding hydrogens is 268 g/mol. The number of amides is 1. The summed E-state index contributed by atoms with van der Waals surface area (Å²) in [6.45, 7) is 2.74. The van der Waals surface area contributed by atoms with Crippen LogP contribution in [0.1, 0.15) is 36.5 Å². The molecule has 6 heteroatoms. The van der Waals surface area contributed by atoms with Crippen molar-refractivity contribution in [2.45, 2.75) is 26.2 Å². The summed E-state index contributed by atoms with van der Waals surface area (Å²) in [5.41, 5.74) is 0.413. The number of halogens is 1. The normalized spacial score (nSPS) is 15.9. The van der Waals surface area contributed by atoms with Crippen LogP contribution >= 0.6 is 11.6 Å². The lowest BCUT2D eigenvalue weighted by atomic mass is 10.0. The maximum Gasteiger partial charge on any atom is 0.270 e. The van der Waals surface area contributed by atoms with Crippen molar-refractivity contribution >= 4 is 23.2 Å². The predicted octanol–water partition coefficient (Wildman–Crippen LogP) is 3.17. The first-order chi connectivity index (χ1) is 8.97. The van der Waals surface area contributed by atoms with Crippen LogP contribution in [0.15, 0.2) is 18.2 Å². The van der Waals surface area contributed by atoms with E-state index in [2.05, 4.69) is 12.2 Å². The summed E-state index contributed by atoms with van der Waals surface area (Å²) < 4.78 is 0. The van der Waals surface area contributed by atoms with Crippen LogP contribution in [-0.2, 0) is 0 Å². The number of carbonyl (C=O) groups is 1. The zero-order valence-electron chi connectivity index (χ0n) is 10.6. The van der Waals surface area contributed by atoms with Crippen LogP contribution < -0.4 is 5.32 Å². The molecular formula is C13H15ClN2O3. The van der Waals surface area contributed by atoms with E-state index in [1.165, 1.54) is 18.2 Å². The van der Waals surface area contributed by atoms with Crippen LogP contribution in [0, 0.1) is 15.5 Å². The number of hydrogen-bond acceptors (Lipinski definition) is 3. The van der Waals surface area contributed by atoms with E-state index in [0.29, 0.717) is 6.54 Å². The van der Waals surface area contributed by atoms with Crippen LogP contribution in [0.25, 0.3) is 0 Å². The number of hydrogen-bond donors (Lipinski definition) is 1. The second-order valence-electron chi connectivity index (χ2n) is 4.96. The zero-order valence-corrected chi connectivity index (χ0v) is 11.4. The number of carbonyl (C=O) groups excluding carboxylic acids is 1. The van der Waals surface area contributed by atoms with Gasteiger partial charge in [0.15, 0.2) is 0 Å². The maximum atomic E-state index is 12.0. The fourth-order valence-electron chi connectivity index (χ4n) is 2.00. The smallest absolute Gasteiger partial charge is 0.270 e. The summed E-state index contributed by atoms with van der Waals surface area (Å²) in [6, 6.07) is 3.87. The Kier molecular flexibility index (Phi) is 3.75. The first-order valence-electron chi connectivity index (χ1n) is 6.19. The van der Waals surface area contributed by atoms with Gasteiger partial charge in [0, 0.05) is 18.7 Å². The topological polar surface area (TPSA) is 72.2 Å². The van der Waals surface area contributed by atoms with Gasteiger partial charge in [-0.05, 0) is 30.7 Å². The molecule has 0 aliphatic heterocycles. The van der Waals surface area contributed by atoms with Gasteiger partial charge in [-0.3, -0.25) is 14.9 Å². The number of nitrogens with zero attached hydrogens (tertiary/aromatic N) is 1. The molecule has 0 unspecified atom stereocenters. The molecule has 1 N–H and O–H groups in total. The zero-order chi connectivity index (χ0) is 14.0. The third kappa shape index (κ3) is 3.04. The van der Waals surface area contributed by atoms with Crippen LogP contribution in [0.5, 0.6) is 0 Å². The minimum absolute atomic E-state index is 0.105. The number of rotatable bonds is 5. The standard InChI is InChI=1S/C13H15ClN2O3/c1-2-13(5-6-13)8-15-12(17)10-4-3-9(16(18)19)7-11(10)14/h3-4,7H,2,5-6,8H2,1H3,(H,15,17). The van der Waals surface area contributed by atoms with Crippen molar-refractivity contribution in [3.05, 3.63) is 38.9 Å². The molecule has 1 aliphatic carbocycles. The molecule has 1 amide bonds. The Bertz CT molecular complexity index is 527. The second kappa shape index (κ2) is 5.17. The molecule has 0 radical (unpaired) electrons. The highest BCUT2D eigenvalue weighted by molar-refractivity contribution is 6.34. The third-order valence-electron chi connectivity index (χ3n) is 3.74. The first-order valence-corrected chi connectivity index (χ1v) is 6.57. The van der Waals surface area contributed by atoms with Crippen molar-refractivity contribution in [3.63, 3.8) is 0 Å².